The smallest absolute Gasteiger partial charge is 0.109 e. The molecule has 90 valence electrons. The second-order valence-corrected chi connectivity index (χ2v) is 5.42. The SMILES string of the molecule is CC1CCC(C#N)(N2CCCNCC2)CC1. The van der Waals surface area contributed by atoms with Gasteiger partial charge >= 0.3 is 0 Å². The summed E-state index contributed by atoms with van der Waals surface area (Å²) in [6, 6.07) is 2.63. The van der Waals surface area contributed by atoms with Gasteiger partial charge in [-0.15, -0.1) is 0 Å². The molecule has 1 aliphatic carbocycles. The van der Waals surface area contributed by atoms with Crippen LogP contribution in [0.2, 0.25) is 0 Å². The first-order valence-corrected chi connectivity index (χ1v) is 6.64. The average molecular weight is 221 g/mol. The van der Waals surface area contributed by atoms with Crippen molar-refractivity contribution in [3.05, 3.63) is 0 Å². The molecule has 2 aliphatic rings. The van der Waals surface area contributed by atoms with Gasteiger partial charge in [0.15, 0.2) is 0 Å². The summed E-state index contributed by atoms with van der Waals surface area (Å²) in [6.07, 6.45) is 5.77. The molecule has 1 aliphatic heterocycles. The summed E-state index contributed by atoms with van der Waals surface area (Å²) in [5, 5.41) is 13.0. The molecule has 0 unspecified atom stereocenters. The lowest BCUT2D eigenvalue weighted by molar-refractivity contribution is 0.0902. The summed E-state index contributed by atoms with van der Waals surface area (Å²) < 4.78 is 0. The predicted molar refractivity (Wildman–Crippen MR) is 65.0 cm³/mol. The third kappa shape index (κ3) is 2.39. The average Bonchev–Trinajstić information content (AvgIpc) is 2.60. The van der Waals surface area contributed by atoms with Crippen LogP contribution in [0, 0.1) is 17.2 Å². The lowest BCUT2D eigenvalue weighted by Crippen LogP contribution is -2.51. The maximum Gasteiger partial charge on any atom is 0.109 e. The van der Waals surface area contributed by atoms with E-state index in [9.17, 15) is 5.26 Å². The highest BCUT2D eigenvalue weighted by molar-refractivity contribution is 5.10. The fourth-order valence-electron chi connectivity index (χ4n) is 3.01. The van der Waals surface area contributed by atoms with E-state index >= 15 is 0 Å². The van der Waals surface area contributed by atoms with E-state index in [2.05, 4.69) is 23.2 Å². The largest absolute Gasteiger partial charge is 0.315 e. The molecule has 0 amide bonds. The van der Waals surface area contributed by atoms with Gasteiger partial charge < -0.3 is 5.32 Å². The Morgan fingerprint density at radius 2 is 2.00 bits per heavy atom. The molecule has 0 aromatic heterocycles. The summed E-state index contributed by atoms with van der Waals surface area (Å²) in [6.45, 7) is 6.59. The van der Waals surface area contributed by atoms with Crippen LogP contribution in [0.25, 0.3) is 0 Å². The van der Waals surface area contributed by atoms with Crippen LogP contribution in [-0.2, 0) is 0 Å². The van der Waals surface area contributed by atoms with Crippen LogP contribution in [0.5, 0.6) is 0 Å². The maximum absolute atomic E-state index is 9.56. The molecule has 1 N–H and O–H groups in total. The van der Waals surface area contributed by atoms with Gasteiger partial charge in [-0.25, -0.2) is 0 Å². The Morgan fingerprint density at radius 3 is 2.69 bits per heavy atom. The van der Waals surface area contributed by atoms with Gasteiger partial charge in [-0.1, -0.05) is 6.92 Å². The van der Waals surface area contributed by atoms with Crippen molar-refractivity contribution in [2.75, 3.05) is 26.2 Å². The van der Waals surface area contributed by atoms with E-state index in [1.165, 1.54) is 19.3 Å². The Morgan fingerprint density at radius 1 is 1.25 bits per heavy atom. The highest BCUT2D eigenvalue weighted by atomic mass is 15.2. The van der Waals surface area contributed by atoms with E-state index in [4.69, 9.17) is 0 Å². The van der Waals surface area contributed by atoms with Gasteiger partial charge in [0.05, 0.1) is 6.07 Å². The normalized spacial score (nSPS) is 37.6. The monoisotopic (exact) mass is 221 g/mol. The zero-order valence-corrected chi connectivity index (χ0v) is 10.3. The zero-order chi connectivity index (χ0) is 11.4. The third-order valence-corrected chi connectivity index (χ3v) is 4.25. The Bertz CT molecular complexity index is 253. The van der Waals surface area contributed by atoms with Crippen molar-refractivity contribution in [2.24, 2.45) is 5.92 Å². The molecule has 1 heterocycles. The number of nitriles is 1. The molecule has 1 saturated carbocycles. The van der Waals surface area contributed by atoms with Crippen molar-refractivity contribution in [3.63, 3.8) is 0 Å². The number of hydrogen-bond donors (Lipinski definition) is 1. The second kappa shape index (κ2) is 5.16. The lowest BCUT2D eigenvalue weighted by atomic mass is 9.77. The first-order chi connectivity index (χ1) is 7.77. The molecule has 0 radical (unpaired) electrons. The van der Waals surface area contributed by atoms with Crippen LogP contribution >= 0.6 is 0 Å². The van der Waals surface area contributed by atoms with Gasteiger partial charge in [-0.2, -0.15) is 5.26 Å². The summed E-state index contributed by atoms with van der Waals surface area (Å²) in [7, 11) is 0. The Balaban J connectivity index is 2.05. The second-order valence-electron chi connectivity index (χ2n) is 5.42. The number of hydrogen-bond acceptors (Lipinski definition) is 3. The van der Waals surface area contributed by atoms with Crippen LogP contribution in [-0.4, -0.2) is 36.6 Å². The summed E-state index contributed by atoms with van der Waals surface area (Å²) in [5.41, 5.74) is -0.140. The summed E-state index contributed by atoms with van der Waals surface area (Å²) >= 11 is 0. The van der Waals surface area contributed by atoms with Crippen LogP contribution in [0.1, 0.15) is 39.0 Å². The van der Waals surface area contributed by atoms with E-state index in [-0.39, 0.29) is 5.54 Å². The van der Waals surface area contributed by atoms with Crippen molar-refractivity contribution >= 4 is 0 Å². The maximum atomic E-state index is 9.56. The van der Waals surface area contributed by atoms with Crippen molar-refractivity contribution in [3.8, 4) is 6.07 Å². The van der Waals surface area contributed by atoms with Gasteiger partial charge in [-0.05, 0) is 44.6 Å². The Labute approximate surface area is 98.8 Å². The highest BCUT2D eigenvalue weighted by Gasteiger charge is 2.39. The number of nitrogens with zero attached hydrogens (tertiary/aromatic N) is 2. The first kappa shape index (κ1) is 11.9. The number of nitrogens with one attached hydrogen (secondary N) is 1. The van der Waals surface area contributed by atoms with E-state index in [0.29, 0.717) is 0 Å². The minimum Gasteiger partial charge on any atom is -0.315 e. The standard InChI is InChI=1S/C13H23N3/c1-12-3-5-13(11-14,6-4-12)16-9-2-7-15-8-10-16/h12,15H,2-10H2,1H3. The van der Waals surface area contributed by atoms with E-state index in [0.717, 1.165) is 44.9 Å². The molecule has 2 fully saturated rings. The Hall–Kier alpha value is -0.590. The van der Waals surface area contributed by atoms with E-state index in [1.54, 1.807) is 0 Å². The molecular weight excluding hydrogens is 198 g/mol. The molecule has 2 rings (SSSR count). The Kier molecular flexibility index (Phi) is 3.83. The summed E-state index contributed by atoms with van der Waals surface area (Å²) in [5.74, 6) is 0.812. The fourth-order valence-corrected chi connectivity index (χ4v) is 3.01. The molecule has 16 heavy (non-hydrogen) atoms. The van der Waals surface area contributed by atoms with Crippen molar-refractivity contribution in [1.82, 2.24) is 10.2 Å². The first-order valence-electron chi connectivity index (χ1n) is 6.64. The fraction of sp³-hybridized carbons (Fsp3) is 0.923. The minimum atomic E-state index is -0.140. The van der Waals surface area contributed by atoms with Crippen molar-refractivity contribution in [2.45, 2.75) is 44.6 Å². The molecular formula is C13H23N3. The third-order valence-electron chi connectivity index (χ3n) is 4.25. The molecule has 0 aromatic rings. The quantitative estimate of drug-likeness (QED) is 0.733. The molecule has 3 heteroatoms. The van der Waals surface area contributed by atoms with Crippen LogP contribution in [0.4, 0.5) is 0 Å². The molecule has 0 bridgehead atoms. The van der Waals surface area contributed by atoms with Gasteiger partial charge in [0.25, 0.3) is 0 Å². The minimum absolute atomic E-state index is 0.140. The molecule has 0 spiro atoms. The highest BCUT2D eigenvalue weighted by Crippen LogP contribution is 2.36. The van der Waals surface area contributed by atoms with Gasteiger partial charge in [0.2, 0.25) is 0 Å². The topological polar surface area (TPSA) is 39.1 Å². The van der Waals surface area contributed by atoms with Crippen molar-refractivity contribution < 1.29 is 0 Å². The van der Waals surface area contributed by atoms with Gasteiger partial charge in [0, 0.05) is 19.6 Å². The van der Waals surface area contributed by atoms with Crippen LogP contribution < -0.4 is 5.32 Å². The van der Waals surface area contributed by atoms with Crippen LogP contribution in [0.3, 0.4) is 0 Å². The van der Waals surface area contributed by atoms with Crippen molar-refractivity contribution in [1.29, 1.82) is 5.26 Å². The van der Waals surface area contributed by atoms with E-state index < -0.39 is 0 Å². The predicted octanol–water partition coefficient (Wildman–Crippen LogP) is 1.75. The molecule has 0 atom stereocenters. The van der Waals surface area contributed by atoms with Gasteiger partial charge in [0.1, 0.15) is 5.54 Å². The van der Waals surface area contributed by atoms with Gasteiger partial charge in [-0.3, -0.25) is 4.90 Å². The summed E-state index contributed by atoms with van der Waals surface area (Å²) in [4.78, 5) is 2.44. The lowest BCUT2D eigenvalue weighted by Gasteiger charge is -2.42. The molecule has 0 aromatic carbocycles. The zero-order valence-electron chi connectivity index (χ0n) is 10.3. The van der Waals surface area contributed by atoms with E-state index in [1.807, 2.05) is 0 Å². The van der Waals surface area contributed by atoms with Crippen LogP contribution in [0.15, 0.2) is 0 Å². The molecule has 1 saturated heterocycles. The number of rotatable bonds is 1. The molecule has 3 nitrogen and oxygen atoms in total.